The summed E-state index contributed by atoms with van der Waals surface area (Å²) in [5, 5.41) is 2.84. The molecule has 9 nitrogen and oxygen atoms in total. The van der Waals surface area contributed by atoms with Crippen molar-refractivity contribution in [2.45, 2.75) is 32.4 Å². The number of rotatable bonds is 12. The molecule has 0 fully saturated rings. The van der Waals surface area contributed by atoms with Crippen molar-refractivity contribution in [3.63, 3.8) is 0 Å². The number of benzene rings is 3. The van der Waals surface area contributed by atoms with Crippen molar-refractivity contribution in [3.8, 4) is 11.5 Å². The number of fused-ring (bicyclic) bond motifs is 1. The van der Waals surface area contributed by atoms with Crippen LogP contribution in [-0.4, -0.2) is 57.3 Å². The van der Waals surface area contributed by atoms with Gasteiger partial charge in [-0.1, -0.05) is 55.5 Å². The summed E-state index contributed by atoms with van der Waals surface area (Å²) >= 11 is 0. The van der Waals surface area contributed by atoms with Crippen LogP contribution in [0.5, 0.6) is 11.5 Å². The Hall–Kier alpha value is -4.12. The molecule has 1 N–H and O–H groups in total. The van der Waals surface area contributed by atoms with E-state index in [2.05, 4.69) is 5.32 Å². The third-order valence-corrected chi connectivity index (χ3v) is 7.58. The van der Waals surface area contributed by atoms with E-state index >= 15 is 0 Å². The topological polar surface area (TPSA) is 105 Å². The van der Waals surface area contributed by atoms with Crippen LogP contribution < -0.4 is 19.1 Å². The van der Waals surface area contributed by atoms with Crippen LogP contribution >= 0.6 is 0 Å². The molecule has 0 spiro atoms. The average molecular weight is 570 g/mol. The van der Waals surface area contributed by atoms with Gasteiger partial charge in [-0.15, -0.1) is 0 Å². The fourth-order valence-corrected chi connectivity index (χ4v) is 5.23. The van der Waals surface area contributed by atoms with Crippen LogP contribution in [0.1, 0.15) is 24.5 Å². The second kappa shape index (κ2) is 12.8. The Morgan fingerprint density at radius 2 is 1.70 bits per heavy atom. The first-order valence-electron chi connectivity index (χ1n) is 12.9. The third-order valence-electron chi connectivity index (χ3n) is 6.44. The molecule has 0 aliphatic carbocycles. The first-order chi connectivity index (χ1) is 19.2. The summed E-state index contributed by atoms with van der Waals surface area (Å²) in [5.41, 5.74) is 1.19. The number of sulfonamides is 1. The average Bonchev–Trinajstić information content (AvgIpc) is 3.41. The van der Waals surface area contributed by atoms with Crippen LogP contribution in [0.15, 0.2) is 72.8 Å². The second-order valence-electron chi connectivity index (χ2n) is 9.42. The van der Waals surface area contributed by atoms with E-state index in [1.807, 2.05) is 37.3 Å². The van der Waals surface area contributed by atoms with Gasteiger partial charge in [0, 0.05) is 31.1 Å². The summed E-state index contributed by atoms with van der Waals surface area (Å²) in [6.45, 7) is 1.45. The zero-order chi connectivity index (χ0) is 28.7. The normalized spacial score (nSPS) is 13.0. The molecule has 1 aliphatic heterocycles. The largest absolute Gasteiger partial charge is 0.454 e. The van der Waals surface area contributed by atoms with Gasteiger partial charge in [0.2, 0.25) is 28.6 Å². The molecule has 3 aromatic carbocycles. The van der Waals surface area contributed by atoms with Crippen LogP contribution in [0, 0.1) is 5.82 Å². The maximum Gasteiger partial charge on any atom is 0.244 e. The molecule has 212 valence electrons. The predicted octanol–water partition coefficient (Wildman–Crippen LogP) is 3.49. The van der Waals surface area contributed by atoms with Crippen molar-refractivity contribution in [3.05, 3.63) is 89.7 Å². The molecule has 0 aromatic heterocycles. The second-order valence-corrected chi connectivity index (χ2v) is 11.3. The standard InChI is InChI=1S/C29H32FN3O6S/c1-3-15-31-29(35)25(16-21-9-5-4-6-10-21)32(18-22-11-7-8-12-24(22)30)28(34)19-33(40(2,36)37)23-13-14-26-27(17-23)39-20-38-26/h4-14,17,25H,3,15-16,18-20H2,1-2H3,(H,31,35). The van der Waals surface area contributed by atoms with Crippen molar-refractivity contribution < 1.29 is 31.9 Å². The number of ether oxygens (including phenoxy) is 2. The van der Waals surface area contributed by atoms with Crippen molar-refractivity contribution in [1.29, 1.82) is 0 Å². The van der Waals surface area contributed by atoms with Gasteiger partial charge in [0.05, 0.1) is 11.9 Å². The lowest BCUT2D eigenvalue weighted by Crippen LogP contribution is -2.53. The van der Waals surface area contributed by atoms with Gasteiger partial charge in [-0.2, -0.15) is 0 Å². The number of amides is 2. The highest BCUT2D eigenvalue weighted by molar-refractivity contribution is 7.92. The Bertz CT molecular complexity index is 1450. The Kier molecular flexibility index (Phi) is 9.26. The van der Waals surface area contributed by atoms with E-state index in [0.717, 1.165) is 16.1 Å². The maximum absolute atomic E-state index is 14.8. The van der Waals surface area contributed by atoms with Crippen LogP contribution in [0.4, 0.5) is 10.1 Å². The highest BCUT2D eigenvalue weighted by Gasteiger charge is 2.33. The monoisotopic (exact) mass is 569 g/mol. The summed E-state index contributed by atoms with van der Waals surface area (Å²) in [5.74, 6) is -0.810. The molecule has 0 radical (unpaired) electrons. The van der Waals surface area contributed by atoms with Crippen LogP contribution in [0.3, 0.4) is 0 Å². The number of hydrogen-bond donors (Lipinski definition) is 1. The SMILES string of the molecule is CCCNC(=O)C(Cc1ccccc1)N(Cc1ccccc1F)C(=O)CN(c1ccc2c(c1)OCO2)S(C)(=O)=O. The van der Waals surface area contributed by atoms with Crippen LogP contribution in [-0.2, 0) is 32.6 Å². The zero-order valence-electron chi connectivity index (χ0n) is 22.4. The molecule has 1 heterocycles. The van der Waals surface area contributed by atoms with E-state index in [-0.39, 0.29) is 31.0 Å². The van der Waals surface area contributed by atoms with Gasteiger partial charge in [0.15, 0.2) is 11.5 Å². The number of halogens is 1. The smallest absolute Gasteiger partial charge is 0.244 e. The highest BCUT2D eigenvalue weighted by atomic mass is 32.2. The van der Waals surface area contributed by atoms with Crippen molar-refractivity contribution >= 4 is 27.5 Å². The van der Waals surface area contributed by atoms with Crippen LogP contribution in [0.25, 0.3) is 0 Å². The molecule has 40 heavy (non-hydrogen) atoms. The minimum absolute atomic E-state index is 0.00104. The van der Waals surface area contributed by atoms with E-state index in [4.69, 9.17) is 9.47 Å². The zero-order valence-corrected chi connectivity index (χ0v) is 23.2. The van der Waals surface area contributed by atoms with Crippen molar-refractivity contribution in [2.24, 2.45) is 0 Å². The number of hydrogen-bond acceptors (Lipinski definition) is 6. The molecule has 0 bridgehead atoms. The summed E-state index contributed by atoms with van der Waals surface area (Å²) in [6, 6.07) is 18.7. The molecular formula is C29H32FN3O6S. The van der Waals surface area contributed by atoms with Gasteiger partial charge in [-0.05, 0) is 30.2 Å². The molecule has 1 unspecified atom stereocenters. The minimum Gasteiger partial charge on any atom is -0.454 e. The van der Waals surface area contributed by atoms with E-state index in [1.54, 1.807) is 12.1 Å². The number of anilines is 1. The lowest BCUT2D eigenvalue weighted by Gasteiger charge is -2.33. The van der Waals surface area contributed by atoms with E-state index < -0.39 is 40.2 Å². The van der Waals surface area contributed by atoms with Crippen molar-refractivity contribution in [2.75, 3.05) is 30.4 Å². The number of nitrogens with zero attached hydrogens (tertiary/aromatic N) is 2. The maximum atomic E-state index is 14.8. The molecule has 0 saturated heterocycles. The first-order valence-corrected chi connectivity index (χ1v) is 14.7. The fourth-order valence-electron chi connectivity index (χ4n) is 4.38. The van der Waals surface area contributed by atoms with Gasteiger partial charge in [-0.3, -0.25) is 13.9 Å². The minimum atomic E-state index is -3.95. The Labute approximate surface area is 233 Å². The molecule has 1 atom stereocenters. The quantitative estimate of drug-likeness (QED) is 0.358. The Morgan fingerprint density at radius 3 is 2.40 bits per heavy atom. The number of carbonyl (C=O) groups is 2. The van der Waals surface area contributed by atoms with Gasteiger partial charge in [0.25, 0.3) is 0 Å². The van der Waals surface area contributed by atoms with Gasteiger partial charge < -0.3 is 19.7 Å². The fraction of sp³-hybridized carbons (Fsp3) is 0.310. The molecular weight excluding hydrogens is 537 g/mol. The molecule has 2 amide bonds. The number of carbonyl (C=O) groups excluding carboxylic acids is 2. The van der Waals surface area contributed by atoms with Crippen molar-refractivity contribution in [1.82, 2.24) is 10.2 Å². The van der Waals surface area contributed by atoms with Crippen LogP contribution in [0.2, 0.25) is 0 Å². The Balaban J connectivity index is 1.72. The van der Waals surface area contributed by atoms with Gasteiger partial charge >= 0.3 is 0 Å². The highest BCUT2D eigenvalue weighted by Crippen LogP contribution is 2.36. The van der Waals surface area contributed by atoms with E-state index in [1.165, 1.54) is 35.2 Å². The van der Waals surface area contributed by atoms with Gasteiger partial charge in [0.1, 0.15) is 18.4 Å². The van der Waals surface area contributed by atoms with E-state index in [9.17, 15) is 22.4 Å². The van der Waals surface area contributed by atoms with Gasteiger partial charge in [-0.25, -0.2) is 12.8 Å². The first kappa shape index (κ1) is 28.9. The molecule has 11 heteroatoms. The summed E-state index contributed by atoms with van der Waals surface area (Å²) in [6.07, 6.45) is 1.82. The Morgan fingerprint density at radius 1 is 1.00 bits per heavy atom. The summed E-state index contributed by atoms with van der Waals surface area (Å²) in [7, 11) is -3.95. The van der Waals surface area contributed by atoms with E-state index in [0.29, 0.717) is 24.5 Å². The summed E-state index contributed by atoms with van der Waals surface area (Å²) in [4.78, 5) is 28.7. The lowest BCUT2D eigenvalue weighted by molar-refractivity contribution is -0.140. The predicted molar refractivity (Wildman–Crippen MR) is 149 cm³/mol. The molecule has 1 aliphatic rings. The lowest BCUT2D eigenvalue weighted by atomic mass is 10.0. The molecule has 3 aromatic rings. The third kappa shape index (κ3) is 7.09. The summed E-state index contributed by atoms with van der Waals surface area (Å²) < 4.78 is 52.2. The molecule has 4 rings (SSSR count). The number of nitrogens with one attached hydrogen (secondary N) is 1. The molecule has 0 saturated carbocycles.